The smallest absolute Gasteiger partial charge is 0.336 e. The van der Waals surface area contributed by atoms with Crippen molar-refractivity contribution in [3.63, 3.8) is 0 Å². The molecule has 0 spiro atoms. The molecule has 2 aromatic heterocycles. The zero-order valence-corrected chi connectivity index (χ0v) is 24.9. The standard InChI is InChI=1S/C28H29ClF2N10O4/c1-44-20-4-2-3-19-21(20)32-23(22(30)31)41(19)27-34-25(33-26(35-27)39-13-15-45-16-14-39)38-9-11-40(12-10-38)28(43)37-36-24(42)17-5-7-18(29)8-6-17/h2-8,22H,9-16H2,1H3,(H,36,42)(H,37,43). The molecule has 3 amide bonds. The van der Waals surface area contributed by atoms with Crippen molar-refractivity contribution in [2.24, 2.45) is 0 Å². The van der Waals surface area contributed by atoms with Gasteiger partial charge in [0.15, 0.2) is 5.82 Å². The molecule has 0 saturated carbocycles. The molecule has 0 radical (unpaired) electrons. The summed E-state index contributed by atoms with van der Waals surface area (Å²) in [6, 6.07) is 10.7. The number of halogens is 3. The Morgan fingerprint density at radius 3 is 2.16 bits per heavy atom. The van der Waals surface area contributed by atoms with Crippen molar-refractivity contribution in [2.45, 2.75) is 6.43 Å². The zero-order valence-electron chi connectivity index (χ0n) is 24.1. The molecule has 2 N–H and O–H groups in total. The monoisotopic (exact) mass is 642 g/mol. The molecule has 4 aromatic rings. The number of nitrogens with zero attached hydrogens (tertiary/aromatic N) is 8. The van der Waals surface area contributed by atoms with Crippen LogP contribution in [0.15, 0.2) is 42.5 Å². The van der Waals surface area contributed by atoms with E-state index in [1.807, 2.05) is 9.80 Å². The number of aromatic nitrogens is 5. The van der Waals surface area contributed by atoms with Gasteiger partial charge in [-0.15, -0.1) is 0 Å². The van der Waals surface area contributed by atoms with Crippen molar-refractivity contribution in [3.8, 4) is 11.7 Å². The summed E-state index contributed by atoms with van der Waals surface area (Å²) < 4.78 is 40.7. The van der Waals surface area contributed by atoms with Crippen LogP contribution in [0.2, 0.25) is 5.02 Å². The second-order valence-corrected chi connectivity index (χ2v) is 10.6. The van der Waals surface area contributed by atoms with Crippen LogP contribution in [-0.4, -0.2) is 101 Å². The average molecular weight is 643 g/mol. The first-order valence-electron chi connectivity index (χ1n) is 14.1. The van der Waals surface area contributed by atoms with Crippen molar-refractivity contribution in [1.29, 1.82) is 0 Å². The van der Waals surface area contributed by atoms with Gasteiger partial charge in [-0.3, -0.25) is 14.8 Å². The van der Waals surface area contributed by atoms with Crippen LogP contribution >= 0.6 is 11.6 Å². The summed E-state index contributed by atoms with van der Waals surface area (Å²) >= 11 is 5.87. The van der Waals surface area contributed by atoms with E-state index in [2.05, 4.69) is 25.8 Å². The van der Waals surface area contributed by atoms with Crippen LogP contribution in [0.4, 0.5) is 25.5 Å². The number of benzene rings is 2. The number of hydrogen-bond donors (Lipinski definition) is 2. The minimum atomic E-state index is -2.92. The van der Waals surface area contributed by atoms with E-state index in [4.69, 9.17) is 26.1 Å². The van der Waals surface area contributed by atoms with Gasteiger partial charge in [-0.25, -0.2) is 24.0 Å². The van der Waals surface area contributed by atoms with E-state index in [1.165, 1.54) is 16.6 Å². The number of carbonyl (C=O) groups excluding carboxylic acids is 2. The van der Waals surface area contributed by atoms with E-state index in [9.17, 15) is 18.4 Å². The van der Waals surface area contributed by atoms with E-state index in [0.717, 1.165) is 0 Å². The highest BCUT2D eigenvalue weighted by molar-refractivity contribution is 6.30. The lowest BCUT2D eigenvalue weighted by molar-refractivity contribution is 0.0929. The lowest BCUT2D eigenvalue weighted by Crippen LogP contribution is -2.55. The van der Waals surface area contributed by atoms with Gasteiger partial charge in [-0.1, -0.05) is 17.7 Å². The van der Waals surface area contributed by atoms with Crippen molar-refractivity contribution < 1.29 is 27.8 Å². The maximum atomic E-state index is 14.3. The topological polar surface area (TPSA) is 143 Å². The fourth-order valence-electron chi connectivity index (χ4n) is 5.07. The number of para-hydroxylation sites is 1. The largest absolute Gasteiger partial charge is 0.494 e. The predicted molar refractivity (Wildman–Crippen MR) is 160 cm³/mol. The Labute approximate surface area is 260 Å². The molecule has 0 atom stereocenters. The van der Waals surface area contributed by atoms with Crippen LogP contribution in [-0.2, 0) is 4.74 Å². The van der Waals surface area contributed by atoms with Gasteiger partial charge < -0.3 is 24.2 Å². The SMILES string of the molecule is COc1cccc2c1nc(C(F)F)n2-c1nc(N2CCOCC2)nc(N2CCN(C(=O)NNC(=O)c3ccc(Cl)cc3)CC2)n1. The third kappa shape index (κ3) is 6.37. The van der Waals surface area contributed by atoms with Crippen LogP contribution < -0.4 is 25.4 Å². The second-order valence-electron chi connectivity index (χ2n) is 10.1. The molecule has 0 bridgehead atoms. The number of anilines is 2. The summed E-state index contributed by atoms with van der Waals surface area (Å²) in [5.74, 6) is -0.107. The zero-order chi connectivity index (χ0) is 31.5. The van der Waals surface area contributed by atoms with Crippen molar-refractivity contribution >= 4 is 46.5 Å². The number of piperazine rings is 1. The first kappa shape index (κ1) is 30.2. The van der Waals surface area contributed by atoms with Gasteiger partial charge in [-0.2, -0.15) is 15.0 Å². The first-order chi connectivity index (χ1) is 21.8. The summed E-state index contributed by atoms with van der Waals surface area (Å²) in [7, 11) is 1.45. The van der Waals surface area contributed by atoms with Crippen LogP contribution in [0.3, 0.4) is 0 Å². The quantitative estimate of drug-likeness (QED) is 0.302. The highest BCUT2D eigenvalue weighted by Gasteiger charge is 2.28. The molecule has 6 rings (SSSR count). The van der Waals surface area contributed by atoms with Gasteiger partial charge in [-0.05, 0) is 36.4 Å². The molecule has 17 heteroatoms. The van der Waals surface area contributed by atoms with E-state index in [-0.39, 0.29) is 30.5 Å². The fourth-order valence-corrected chi connectivity index (χ4v) is 5.20. The third-order valence-electron chi connectivity index (χ3n) is 7.42. The first-order valence-corrected chi connectivity index (χ1v) is 14.5. The van der Waals surface area contributed by atoms with E-state index >= 15 is 0 Å². The van der Waals surface area contributed by atoms with Crippen molar-refractivity contribution in [3.05, 3.63) is 58.9 Å². The predicted octanol–water partition coefficient (Wildman–Crippen LogP) is 2.82. The highest BCUT2D eigenvalue weighted by Crippen LogP contribution is 2.32. The number of alkyl halides is 2. The van der Waals surface area contributed by atoms with Gasteiger partial charge >= 0.3 is 6.03 Å². The van der Waals surface area contributed by atoms with Crippen LogP contribution in [0.5, 0.6) is 5.75 Å². The minimum Gasteiger partial charge on any atom is -0.494 e. The van der Waals surface area contributed by atoms with Gasteiger partial charge in [0.2, 0.25) is 17.8 Å². The third-order valence-corrected chi connectivity index (χ3v) is 7.67. The molecule has 2 aromatic carbocycles. The molecule has 14 nitrogen and oxygen atoms in total. The Balaban J connectivity index is 1.24. The van der Waals surface area contributed by atoms with Gasteiger partial charge in [0.05, 0.1) is 25.8 Å². The van der Waals surface area contributed by atoms with Crippen molar-refractivity contribution in [2.75, 3.05) is 69.4 Å². The molecule has 0 aliphatic carbocycles. The number of rotatable bonds is 6. The second kappa shape index (κ2) is 13.0. The molecule has 236 valence electrons. The number of ether oxygens (including phenoxy) is 2. The summed E-state index contributed by atoms with van der Waals surface area (Å²) in [6.07, 6.45) is -2.92. The number of amides is 3. The molecular formula is C28H29ClF2N10O4. The number of hydrogen-bond acceptors (Lipinski definition) is 10. The van der Waals surface area contributed by atoms with E-state index in [0.29, 0.717) is 67.2 Å². The van der Waals surface area contributed by atoms with E-state index < -0.39 is 24.2 Å². The number of carbonyl (C=O) groups is 2. The maximum absolute atomic E-state index is 14.3. The number of imidazole rings is 1. The summed E-state index contributed by atoms with van der Waals surface area (Å²) in [4.78, 5) is 48.6. The number of morpholine rings is 1. The lowest BCUT2D eigenvalue weighted by Gasteiger charge is -2.35. The Bertz CT molecular complexity index is 1690. The summed E-state index contributed by atoms with van der Waals surface area (Å²) in [5, 5.41) is 0.490. The number of methoxy groups -OCH3 is 1. The molecule has 2 saturated heterocycles. The number of urea groups is 1. The molecule has 2 fully saturated rings. The van der Waals surface area contributed by atoms with Crippen molar-refractivity contribution in [1.82, 2.24) is 40.3 Å². The summed E-state index contributed by atoms with van der Waals surface area (Å²) in [5.41, 5.74) is 5.78. The van der Waals surface area contributed by atoms with Crippen LogP contribution in [0.25, 0.3) is 17.0 Å². The maximum Gasteiger partial charge on any atom is 0.336 e. The average Bonchev–Trinajstić information content (AvgIpc) is 3.48. The summed E-state index contributed by atoms with van der Waals surface area (Å²) in [6.45, 7) is 3.19. The van der Waals surface area contributed by atoms with Gasteiger partial charge in [0.1, 0.15) is 11.3 Å². The number of fused-ring (bicyclic) bond motifs is 1. The molecule has 2 aliphatic heterocycles. The van der Waals surface area contributed by atoms with Crippen LogP contribution in [0.1, 0.15) is 22.6 Å². The highest BCUT2D eigenvalue weighted by atomic mass is 35.5. The lowest BCUT2D eigenvalue weighted by atomic mass is 10.2. The van der Waals surface area contributed by atoms with E-state index in [1.54, 1.807) is 42.5 Å². The fraction of sp³-hybridized carbons (Fsp3) is 0.357. The molecular weight excluding hydrogens is 614 g/mol. The Kier molecular flexibility index (Phi) is 8.75. The van der Waals surface area contributed by atoms with Gasteiger partial charge in [0.25, 0.3) is 12.3 Å². The van der Waals surface area contributed by atoms with Gasteiger partial charge in [0, 0.05) is 49.9 Å². The normalized spacial score (nSPS) is 15.4. The molecule has 45 heavy (non-hydrogen) atoms. The Morgan fingerprint density at radius 2 is 1.51 bits per heavy atom. The Morgan fingerprint density at radius 1 is 0.867 bits per heavy atom. The number of hydrazine groups is 1. The number of nitrogens with one attached hydrogen (secondary N) is 2. The molecule has 0 unspecified atom stereocenters. The Hall–Kier alpha value is -4.83. The van der Waals surface area contributed by atoms with Crippen LogP contribution in [0, 0.1) is 0 Å². The minimum absolute atomic E-state index is 0.0161. The molecule has 2 aliphatic rings. The molecule has 4 heterocycles.